The fraction of sp³-hybridized carbons (Fsp3) is 0.929. The van der Waals surface area contributed by atoms with E-state index in [0.29, 0.717) is 11.7 Å². The second-order valence-electron chi connectivity index (χ2n) is 7.08. The van der Waals surface area contributed by atoms with Crippen LogP contribution >= 0.6 is 0 Å². The molecule has 0 heterocycles. The predicted molar refractivity (Wildman–Crippen MR) is 66.9 cm³/mol. The molecule has 0 saturated carbocycles. The van der Waals surface area contributed by atoms with E-state index in [4.69, 9.17) is 0 Å². The molecule has 0 spiro atoms. The zero-order valence-corrected chi connectivity index (χ0v) is 12.0. The summed E-state index contributed by atoms with van der Waals surface area (Å²) in [4.78, 5) is 12.6. The first kappa shape index (κ1) is 14.7. The zero-order chi connectivity index (χ0) is 12.7. The van der Waals surface area contributed by atoms with Gasteiger partial charge in [-0.1, -0.05) is 62.3 Å². The van der Waals surface area contributed by atoms with Gasteiger partial charge in [-0.25, -0.2) is 0 Å². The zero-order valence-electron chi connectivity index (χ0n) is 12.0. The van der Waals surface area contributed by atoms with Gasteiger partial charge in [0.1, 0.15) is 5.78 Å². The van der Waals surface area contributed by atoms with E-state index >= 15 is 0 Å². The number of carbonyl (C=O) groups excluding carboxylic acids is 1. The minimum absolute atomic E-state index is 0.0102. The Morgan fingerprint density at radius 2 is 1.20 bits per heavy atom. The van der Waals surface area contributed by atoms with Gasteiger partial charge in [0, 0.05) is 10.8 Å². The Morgan fingerprint density at radius 3 is 1.40 bits per heavy atom. The highest BCUT2D eigenvalue weighted by atomic mass is 16.1. The van der Waals surface area contributed by atoms with Crippen molar-refractivity contribution in [2.75, 3.05) is 0 Å². The molecule has 0 unspecified atom stereocenters. The van der Waals surface area contributed by atoms with Gasteiger partial charge in [0.05, 0.1) is 0 Å². The van der Waals surface area contributed by atoms with Crippen molar-refractivity contribution in [2.24, 2.45) is 22.2 Å². The lowest BCUT2D eigenvalue weighted by Crippen LogP contribution is -2.46. The highest BCUT2D eigenvalue weighted by molar-refractivity contribution is 5.90. The molecule has 0 rings (SSSR count). The monoisotopic (exact) mass is 212 g/mol. The number of Topliss-reactive ketones (excluding diaryl/α,β-unsaturated/α-hetero) is 1. The van der Waals surface area contributed by atoms with Gasteiger partial charge in [-0.05, 0) is 11.3 Å². The summed E-state index contributed by atoms with van der Waals surface area (Å²) in [7, 11) is 0. The SMILES string of the molecule is CC(C)C(C)(C)C(=O)C(C)(C)C(C)(C)C. The summed E-state index contributed by atoms with van der Waals surface area (Å²) in [6, 6.07) is 0. The van der Waals surface area contributed by atoms with Crippen molar-refractivity contribution >= 4 is 5.78 Å². The van der Waals surface area contributed by atoms with Crippen molar-refractivity contribution in [1.29, 1.82) is 0 Å². The molecule has 0 bridgehead atoms. The Hall–Kier alpha value is -0.330. The van der Waals surface area contributed by atoms with Gasteiger partial charge in [0.15, 0.2) is 0 Å². The molecule has 0 aliphatic carbocycles. The average Bonchev–Trinajstić information content (AvgIpc) is 2.00. The normalized spacial score (nSPS) is 14.5. The van der Waals surface area contributed by atoms with E-state index in [1.807, 2.05) is 0 Å². The van der Waals surface area contributed by atoms with Crippen LogP contribution in [0.3, 0.4) is 0 Å². The Kier molecular flexibility index (Phi) is 3.83. The van der Waals surface area contributed by atoms with Crippen molar-refractivity contribution < 1.29 is 4.79 Å². The molecule has 0 aromatic carbocycles. The molecule has 0 aliphatic heterocycles. The van der Waals surface area contributed by atoms with Crippen molar-refractivity contribution in [3.8, 4) is 0 Å². The van der Waals surface area contributed by atoms with Crippen LogP contribution in [-0.2, 0) is 4.79 Å². The van der Waals surface area contributed by atoms with Crippen LogP contribution < -0.4 is 0 Å². The van der Waals surface area contributed by atoms with E-state index in [0.717, 1.165) is 0 Å². The summed E-state index contributed by atoms with van der Waals surface area (Å²) in [5.74, 6) is 0.754. The highest BCUT2D eigenvalue weighted by Crippen LogP contribution is 2.45. The second-order valence-corrected chi connectivity index (χ2v) is 7.08. The summed E-state index contributed by atoms with van der Waals surface area (Å²) in [6.45, 7) is 18.9. The Labute approximate surface area is 95.6 Å². The Balaban J connectivity index is 5.19. The summed E-state index contributed by atoms with van der Waals surface area (Å²) >= 11 is 0. The summed E-state index contributed by atoms with van der Waals surface area (Å²) in [5.41, 5.74) is -0.506. The largest absolute Gasteiger partial charge is 0.298 e. The Morgan fingerprint density at radius 1 is 0.867 bits per heavy atom. The molecule has 0 fully saturated rings. The molecule has 0 aliphatic rings. The lowest BCUT2D eigenvalue weighted by molar-refractivity contribution is -0.143. The first-order valence-electron chi connectivity index (χ1n) is 5.90. The van der Waals surface area contributed by atoms with Crippen LogP contribution in [0.5, 0.6) is 0 Å². The molecular weight excluding hydrogens is 184 g/mol. The number of ketones is 1. The van der Waals surface area contributed by atoms with E-state index in [9.17, 15) is 4.79 Å². The molecule has 15 heavy (non-hydrogen) atoms. The fourth-order valence-corrected chi connectivity index (χ4v) is 1.41. The lowest BCUT2D eigenvalue weighted by Gasteiger charge is -2.43. The number of hydrogen-bond donors (Lipinski definition) is 0. The molecule has 0 saturated heterocycles. The van der Waals surface area contributed by atoms with Gasteiger partial charge in [-0.3, -0.25) is 4.79 Å². The van der Waals surface area contributed by atoms with Crippen LogP contribution in [0.15, 0.2) is 0 Å². The molecule has 0 aromatic heterocycles. The summed E-state index contributed by atoms with van der Waals surface area (Å²) in [5, 5.41) is 0. The molecule has 0 radical (unpaired) electrons. The lowest BCUT2D eigenvalue weighted by atomic mass is 9.59. The van der Waals surface area contributed by atoms with E-state index in [1.165, 1.54) is 0 Å². The van der Waals surface area contributed by atoms with Crippen LogP contribution in [-0.4, -0.2) is 5.78 Å². The molecular formula is C14H28O. The summed E-state index contributed by atoms with van der Waals surface area (Å²) < 4.78 is 0. The third-order valence-corrected chi connectivity index (χ3v) is 4.47. The van der Waals surface area contributed by atoms with Gasteiger partial charge in [0.2, 0.25) is 0 Å². The molecule has 0 N–H and O–H groups in total. The van der Waals surface area contributed by atoms with Gasteiger partial charge in [0.25, 0.3) is 0 Å². The van der Waals surface area contributed by atoms with E-state index in [1.54, 1.807) is 0 Å². The first-order valence-corrected chi connectivity index (χ1v) is 5.90. The van der Waals surface area contributed by atoms with Crippen molar-refractivity contribution in [3.05, 3.63) is 0 Å². The van der Waals surface area contributed by atoms with E-state index in [-0.39, 0.29) is 16.2 Å². The smallest absolute Gasteiger partial charge is 0.144 e. The van der Waals surface area contributed by atoms with Crippen molar-refractivity contribution in [3.63, 3.8) is 0 Å². The standard InChI is InChI=1S/C14H28O/c1-10(2)13(6,7)11(15)14(8,9)12(3,4)5/h10H,1-9H3. The average molecular weight is 212 g/mol. The third-order valence-electron chi connectivity index (χ3n) is 4.47. The molecule has 0 aromatic rings. The molecule has 0 atom stereocenters. The van der Waals surface area contributed by atoms with Crippen LogP contribution in [0, 0.1) is 22.2 Å². The predicted octanol–water partition coefficient (Wildman–Crippen LogP) is 4.31. The number of rotatable bonds is 3. The van der Waals surface area contributed by atoms with Crippen LogP contribution in [0.4, 0.5) is 0 Å². The van der Waals surface area contributed by atoms with Gasteiger partial charge < -0.3 is 0 Å². The minimum Gasteiger partial charge on any atom is -0.298 e. The van der Waals surface area contributed by atoms with Crippen molar-refractivity contribution in [1.82, 2.24) is 0 Å². The van der Waals surface area contributed by atoms with Crippen molar-refractivity contribution in [2.45, 2.75) is 62.3 Å². The fourth-order valence-electron chi connectivity index (χ4n) is 1.41. The van der Waals surface area contributed by atoms with E-state index in [2.05, 4.69) is 62.3 Å². The Bertz CT molecular complexity index is 239. The maximum atomic E-state index is 12.6. The summed E-state index contributed by atoms with van der Waals surface area (Å²) in [6.07, 6.45) is 0. The minimum atomic E-state index is -0.277. The topological polar surface area (TPSA) is 17.1 Å². The van der Waals surface area contributed by atoms with Crippen LogP contribution in [0.2, 0.25) is 0 Å². The number of carbonyl (C=O) groups is 1. The maximum absolute atomic E-state index is 12.6. The quantitative estimate of drug-likeness (QED) is 0.681. The van der Waals surface area contributed by atoms with Crippen LogP contribution in [0.25, 0.3) is 0 Å². The van der Waals surface area contributed by atoms with Gasteiger partial charge in [-0.15, -0.1) is 0 Å². The molecule has 1 heteroatoms. The van der Waals surface area contributed by atoms with E-state index < -0.39 is 0 Å². The molecule has 0 amide bonds. The van der Waals surface area contributed by atoms with Gasteiger partial charge >= 0.3 is 0 Å². The third kappa shape index (κ3) is 2.62. The second kappa shape index (κ2) is 3.92. The number of hydrogen-bond acceptors (Lipinski definition) is 1. The molecule has 1 nitrogen and oxygen atoms in total. The highest BCUT2D eigenvalue weighted by Gasteiger charge is 2.46. The first-order chi connectivity index (χ1) is 6.35. The molecule has 90 valence electrons. The maximum Gasteiger partial charge on any atom is 0.144 e. The van der Waals surface area contributed by atoms with Gasteiger partial charge in [-0.2, -0.15) is 0 Å². The van der Waals surface area contributed by atoms with Crippen LogP contribution in [0.1, 0.15) is 62.3 Å².